The van der Waals surface area contributed by atoms with Crippen LogP contribution in [0.15, 0.2) is 6.07 Å². The van der Waals surface area contributed by atoms with Crippen LogP contribution in [-0.4, -0.2) is 10.7 Å². The van der Waals surface area contributed by atoms with Crippen LogP contribution in [0.2, 0.25) is 0 Å². The van der Waals surface area contributed by atoms with Crippen LogP contribution in [0.3, 0.4) is 0 Å². The number of hydrogen-bond donors (Lipinski definition) is 1. The van der Waals surface area contributed by atoms with Crippen molar-refractivity contribution in [3.8, 4) is 11.5 Å². The van der Waals surface area contributed by atoms with Crippen LogP contribution < -0.4 is 4.74 Å². The van der Waals surface area contributed by atoms with Gasteiger partial charge in [0.15, 0.2) is 0 Å². The van der Waals surface area contributed by atoms with Gasteiger partial charge >= 0.3 is 0 Å². The second-order valence-electron chi connectivity index (χ2n) is 8.99. The van der Waals surface area contributed by atoms with Crippen molar-refractivity contribution in [3.63, 3.8) is 0 Å². The first-order valence-electron chi connectivity index (χ1n) is 7.92. The average molecular weight is 290 g/mol. The van der Waals surface area contributed by atoms with Crippen molar-refractivity contribution in [2.45, 2.75) is 84.7 Å². The zero-order valence-corrected chi connectivity index (χ0v) is 14.8. The van der Waals surface area contributed by atoms with Crippen LogP contribution in [-0.2, 0) is 17.3 Å². The first-order chi connectivity index (χ1) is 9.33. The third kappa shape index (κ3) is 3.04. The molecule has 0 saturated heterocycles. The Labute approximate surface area is 129 Å². The van der Waals surface area contributed by atoms with Gasteiger partial charge in [0.05, 0.1) is 0 Å². The van der Waals surface area contributed by atoms with Crippen molar-refractivity contribution < 1.29 is 9.84 Å². The van der Waals surface area contributed by atoms with E-state index in [-0.39, 0.29) is 16.4 Å². The number of rotatable bonds is 0. The van der Waals surface area contributed by atoms with Crippen LogP contribution in [0.25, 0.3) is 0 Å². The average Bonchev–Trinajstić information content (AvgIpc) is 2.24. The van der Waals surface area contributed by atoms with Gasteiger partial charge in [-0.05, 0) is 43.6 Å². The molecule has 1 aromatic carbocycles. The molecular formula is C19H30O2. The molecular weight excluding hydrogens is 260 g/mol. The van der Waals surface area contributed by atoms with Gasteiger partial charge in [-0.15, -0.1) is 0 Å². The zero-order chi connectivity index (χ0) is 16.2. The minimum Gasteiger partial charge on any atom is -0.507 e. The Morgan fingerprint density at radius 3 is 2.10 bits per heavy atom. The maximum atomic E-state index is 10.9. The zero-order valence-electron chi connectivity index (χ0n) is 14.8. The molecule has 0 bridgehead atoms. The van der Waals surface area contributed by atoms with Gasteiger partial charge in [0.25, 0.3) is 0 Å². The predicted molar refractivity (Wildman–Crippen MR) is 88.5 cm³/mol. The molecule has 0 aromatic heterocycles. The van der Waals surface area contributed by atoms with E-state index in [9.17, 15) is 5.11 Å². The van der Waals surface area contributed by atoms with E-state index in [1.165, 1.54) is 5.56 Å². The molecule has 0 unspecified atom stereocenters. The molecule has 2 rings (SSSR count). The van der Waals surface area contributed by atoms with Gasteiger partial charge in [-0.25, -0.2) is 0 Å². The molecule has 118 valence electrons. The molecule has 0 radical (unpaired) electrons. The summed E-state index contributed by atoms with van der Waals surface area (Å²) in [6, 6.07) is 2.06. The molecule has 0 saturated carbocycles. The number of phenolic OH excluding ortho intramolecular Hbond substituents is 1. The van der Waals surface area contributed by atoms with E-state index in [2.05, 4.69) is 61.5 Å². The van der Waals surface area contributed by atoms with E-state index >= 15 is 0 Å². The Kier molecular flexibility index (Phi) is 3.59. The van der Waals surface area contributed by atoms with Gasteiger partial charge in [0.1, 0.15) is 17.1 Å². The normalized spacial score (nSPS) is 18.1. The monoisotopic (exact) mass is 290 g/mol. The summed E-state index contributed by atoms with van der Waals surface area (Å²) in [6.07, 6.45) is 1.95. The standard InChI is InChI=1S/C19H30O2/c1-17(2,3)13-11-14-12(9-10-19(7,8)21-14)15(16(13)20)18(4,5)6/h11,20H,9-10H2,1-8H3. The topological polar surface area (TPSA) is 29.5 Å². The summed E-state index contributed by atoms with van der Waals surface area (Å²) >= 11 is 0. The predicted octanol–water partition coefficient (Wildman–Crippen LogP) is 5.09. The highest BCUT2D eigenvalue weighted by atomic mass is 16.5. The molecule has 1 aromatic rings. The Bertz CT molecular complexity index is 554. The van der Waals surface area contributed by atoms with E-state index in [0.29, 0.717) is 5.75 Å². The molecule has 1 N–H and O–H groups in total. The number of aromatic hydroxyl groups is 1. The lowest BCUT2D eigenvalue weighted by molar-refractivity contribution is 0.0834. The SMILES string of the molecule is CC1(C)CCc2c(cc(C(C)(C)C)c(O)c2C(C)(C)C)O1. The molecule has 0 spiro atoms. The molecule has 0 fully saturated rings. The van der Waals surface area contributed by atoms with Gasteiger partial charge in [-0.3, -0.25) is 0 Å². The fourth-order valence-corrected chi connectivity index (χ4v) is 3.18. The van der Waals surface area contributed by atoms with E-state index in [0.717, 1.165) is 29.7 Å². The third-order valence-electron chi connectivity index (χ3n) is 4.29. The fourth-order valence-electron chi connectivity index (χ4n) is 3.18. The lowest BCUT2D eigenvalue weighted by atomic mass is 9.75. The van der Waals surface area contributed by atoms with Crippen molar-refractivity contribution in [3.05, 3.63) is 22.8 Å². The van der Waals surface area contributed by atoms with Crippen LogP contribution in [0.1, 0.15) is 78.5 Å². The highest BCUT2D eigenvalue weighted by molar-refractivity contribution is 5.58. The van der Waals surface area contributed by atoms with Crippen molar-refractivity contribution in [2.75, 3.05) is 0 Å². The molecule has 21 heavy (non-hydrogen) atoms. The van der Waals surface area contributed by atoms with Crippen molar-refractivity contribution in [1.29, 1.82) is 0 Å². The molecule has 1 aliphatic rings. The maximum absolute atomic E-state index is 10.9. The van der Waals surface area contributed by atoms with E-state index < -0.39 is 0 Å². The minimum atomic E-state index is -0.131. The first-order valence-corrected chi connectivity index (χ1v) is 7.92. The van der Waals surface area contributed by atoms with Crippen LogP contribution in [0.4, 0.5) is 0 Å². The van der Waals surface area contributed by atoms with Gasteiger partial charge in [0, 0.05) is 16.7 Å². The number of phenols is 1. The van der Waals surface area contributed by atoms with Crippen molar-refractivity contribution in [2.24, 2.45) is 0 Å². The second-order valence-corrected chi connectivity index (χ2v) is 8.99. The van der Waals surface area contributed by atoms with Gasteiger partial charge < -0.3 is 9.84 Å². The van der Waals surface area contributed by atoms with Crippen molar-refractivity contribution in [1.82, 2.24) is 0 Å². The number of ether oxygens (including phenoxy) is 1. The maximum Gasteiger partial charge on any atom is 0.124 e. The first kappa shape index (κ1) is 16.2. The van der Waals surface area contributed by atoms with E-state index in [1.54, 1.807) is 0 Å². The molecule has 0 amide bonds. The smallest absolute Gasteiger partial charge is 0.124 e. The summed E-state index contributed by atoms with van der Waals surface area (Å²) in [5.41, 5.74) is 2.88. The van der Waals surface area contributed by atoms with Crippen molar-refractivity contribution >= 4 is 0 Å². The summed E-state index contributed by atoms with van der Waals surface area (Å²) in [7, 11) is 0. The summed E-state index contributed by atoms with van der Waals surface area (Å²) in [6.45, 7) is 17.2. The van der Waals surface area contributed by atoms with Gasteiger partial charge in [0.2, 0.25) is 0 Å². The summed E-state index contributed by atoms with van der Waals surface area (Å²) in [5.74, 6) is 1.41. The van der Waals surface area contributed by atoms with Crippen LogP contribution in [0.5, 0.6) is 11.5 Å². The van der Waals surface area contributed by atoms with E-state index in [4.69, 9.17) is 4.74 Å². The summed E-state index contributed by atoms with van der Waals surface area (Å²) < 4.78 is 6.23. The molecule has 1 aliphatic heterocycles. The van der Waals surface area contributed by atoms with E-state index in [1.807, 2.05) is 0 Å². The van der Waals surface area contributed by atoms with Gasteiger partial charge in [-0.2, -0.15) is 0 Å². The quantitative estimate of drug-likeness (QED) is 0.721. The third-order valence-corrected chi connectivity index (χ3v) is 4.29. The largest absolute Gasteiger partial charge is 0.507 e. The van der Waals surface area contributed by atoms with Crippen LogP contribution >= 0.6 is 0 Å². The Hall–Kier alpha value is -1.18. The lowest BCUT2D eigenvalue weighted by Crippen LogP contribution is -2.34. The summed E-state index contributed by atoms with van der Waals surface area (Å²) in [5, 5.41) is 10.9. The highest BCUT2D eigenvalue weighted by Crippen LogP contribution is 2.48. The number of fused-ring (bicyclic) bond motifs is 1. The Balaban J connectivity index is 2.76. The Morgan fingerprint density at radius 1 is 1.05 bits per heavy atom. The molecule has 0 atom stereocenters. The molecule has 2 heteroatoms. The van der Waals surface area contributed by atoms with Gasteiger partial charge in [-0.1, -0.05) is 41.5 Å². The molecule has 0 aliphatic carbocycles. The number of benzene rings is 1. The van der Waals surface area contributed by atoms with Crippen LogP contribution in [0, 0.1) is 0 Å². The fraction of sp³-hybridized carbons (Fsp3) is 0.684. The molecule has 2 nitrogen and oxygen atoms in total. The lowest BCUT2D eigenvalue weighted by Gasteiger charge is -2.38. The Morgan fingerprint density at radius 2 is 1.62 bits per heavy atom. The highest BCUT2D eigenvalue weighted by Gasteiger charge is 2.35. The second kappa shape index (κ2) is 4.66. The minimum absolute atomic E-state index is 0.0970. The number of hydrogen-bond acceptors (Lipinski definition) is 2. The molecule has 1 heterocycles. The summed E-state index contributed by atoms with van der Waals surface area (Å²) in [4.78, 5) is 0.